The van der Waals surface area contributed by atoms with Crippen LogP contribution < -0.4 is 11.5 Å². The van der Waals surface area contributed by atoms with Crippen molar-refractivity contribution in [3.63, 3.8) is 0 Å². The van der Waals surface area contributed by atoms with Crippen LogP contribution in [-0.2, 0) is 45.8 Å². The van der Waals surface area contributed by atoms with E-state index in [1.165, 1.54) is 21.8 Å². The molecule has 0 aromatic carbocycles. The third-order valence-corrected chi connectivity index (χ3v) is 15.5. The molecule has 2 aliphatic heterocycles. The first-order valence-corrected chi connectivity index (χ1v) is 22.0. The number of azide groups is 2. The summed E-state index contributed by atoms with van der Waals surface area (Å²) < 4.78 is 112. The van der Waals surface area contributed by atoms with E-state index >= 15 is 8.78 Å². The molecule has 2 saturated heterocycles. The second-order valence-electron chi connectivity index (χ2n) is 11.7. The second kappa shape index (κ2) is 15.8. The number of hydrogen-bond donors (Lipinski definition) is 6. The summed E-state index contributed by atoms with van der Waals surface area (Å²) in [6.45, 7) is 0. The van der Waals surface area contributed by atoms with Crippen LogP contribution in [0.3, 0.4) is 0 Å². The number of alkyl halides is 2. The van der Waals surface area contributed by atoms with E-state index < -0.39 is 85.6 Å². The molecule has 8 N–H and O–H groups in total. The smallest absolute Gasteiger partial charge is 0.382 e. The maximum Gasteiger partial charge on any atom is 0.444 e. The van der Waals surface area contributed by atoms with Gasteiger partial charge in [0, 0.05) is 22.7 Å². The van der Waals surface area contributed by atoms with Gasteiger partial charge in [-0.3, -0.25) is 27.4 Å². The summed E-state index contributed by atoms with van der Waals surface area (Å²) in [6, 6.07) is -2.54. The Morgan fingerprint density at radius 1 is 0.754 bits per heavy atom. The van der Waals surface area contributed by atoms with Gasteiger partial charge in [0.25, 0.3) is 0 Å². The van der Waals surface area contributed by atoms with Crippen LogP contribution in [0.2, 0.25) is 0 Å². The lowest BCUT2D eigenvalue weighted by atomic mass is 10.2. The molecule has 36 heteroatoms. The summed E-state index contributed by atoms with van der Waals surface area (Å²) in [7, 11) is -25.9. The molecule has 308 valence electrons. The van der Waals surface area contributed by atoms with Gasteiger partial charge in [-0.25, -0.2) is 38.5 Å². The van der Waals surface area contributed by atoms with E-state index in [9.17, 15) is 37.8 Å². The average molecular weight is 888 g/mol. The van der Waals surface area contributed by atoms with Gasteiger partial charge in [0.2, 0.25) is 0 Å². The molecule has 0 aliphatic carbocycles. The number of anilines is 2. The van der Waals surface area contributed by atoms with E-state index in [1.807, 2.05) is 0 Å². The first-order valence-electron chi connectivity index (χ1n) is 15.3. The van der Waals surface area contributed by atoms with Crippen molar-refractivity contribution in [2.45, 2.75) is 55.4 Å². The van der Waals surface area contributed by atoms with Gasteiger partial charge >= 0.3 is 35.8 Å². The number of aromatic nitrogens is 8. The summed E-state index contributed by atoms with van der Waals surface area (Å²) >= 11 is 0. The van der Waals surface area contributed by atoms with Crippen molar-refractivity contribution in [1.82, 2.24) is 39.0 Å². The number of nitrogens with zero attached hydrogens (tertiary/aromatic N) is 14. The number of nitrogen functional groups attached to an aromatic ring is 2. The number of fused-ring (bicyclic) bond motifs is 2. The second-order valence-corrected chi connectivity index (χ2v) is 19.6. The van der Waals surface area contributed by atoms with Crippen molar-refractivity contribution in [1.29, 1.82) is 0 Å². The van der Waals surface area contributed by atoms with Gasteiger partial charge in [-0.15, -0.1) is 0 Å². The van der Waals surface area contributed by atoms with E-state index in [4.69, 9.17) is 41.5 Å². The Balaban J connectivity index is 1.08. The van der Waals surface area contributed by atoms with Crippen LogP contribution in [0.1, 0.15) is 25.3 Å². The third kappa shape index (κ3) is 8.62. The zero-order valence-electron chi connectivity index (χ0n) is 27.9. The van der Waals surface area contributed by atoms with Gasteiger partial charge in [-0.1, -0.05) is 10.2 Å². The lowest BCUT2D eigenvalue weighted by molar-refractivity contribution is -0.144. The van der Waals surface area contributed by atoms with Crippen molar-refractivity contribution in [2.24, 2.45) is 10.2 Å². The van der Waals surface area contributed by atoms with Crippen LogP contribution in [0.15, 0.2) is 35.5 Å². The fraction of sp³-hybridized carbons (Fsp3) is 0.524. The molecule has 6 heterocycles. The largest absolute Gasteiger partial charge is 0.444 e. The van der Waals surface area contributed by atoms with Crippen molar-refractivity contribution in [3.05, 3.63) is 46.2 Å². The first kappa shape index (κ1) is 42.3. The Morgan fingerprint density at radius 3 is 1.51 bits per heavy atom. The molecule has 0 bridgehead atoms. The quantitative estimate of drug-likeness (QED) is 0.0407. The summed E-state index contributed by atoms with van der Waals surface area (Å²) in [6.07, 6.45) is -4.72. The van der Waals surface area contributed by atoms with Crippen LogP contribution in [0, 0.1) is 0 Å². The molecule has 4 aromatic heterocycles. The molecule has 10 unspecified atom stereocenters. The highest BCUT2D eigenvalue weighted by Crippen LogP contribution is 2.81. The van der Waals surface area contributed by atoms with Crippen LogP contribution in [-0.4, -0.2) is 101 Å². The topological polar surface area (TPSA) is 441 Å². The Kier molecular flexibility index (Phi) is 11.7. The molecular formula is C21H26F2N16O14P4. The molecule has 2 fully saturated rings. The molecule has 57 heavy (non-hydrogen) atoms. The van der Waals surface area contributed by atoms with E-state index in [-0.39, 0.29) is 46.8 Å². The number of hydrogen-bond acceptors (Lipinski definition) is 20. The summed E-state index contributed by atoms with van der Waals surface area (Å²) in [5.74, 6) is 0.00796. The van der Waals surface area contributed by atoms with Crippen LogP contribution in [0.4, 0.5) is 20.4 Å². The van der Waals surface area contributed by atoms with Crippen molar-refractivity contribution in [3.8, 4) is 0 Å². The van der Waals surface area contributed by atoms with Gasteiger partial charge in [-0.2, -0.15) is 8.78 Å². The summed E-state index contributed by atoms with van der Waals surface area (Å²) in [4.78, 5) is 69.3. The normalized spacial score (nSPS) is 26.8. The van der Waals surface area contributed by atoms with Gasteiger partial charge < -0.3 is 50.0 Å². The molecule has 4 aromatic rings. The minimum absolute atomic E-state index is 0.00398. The predicted octanol–water partition coefficient (Wildman–Crippen LogP) is 2.95. The van der Waals surface area contributed by atoms with E-state index in [0.717, 1.165) is 12.7 Å². The standard InChI is InChI=1S/C21H26F2N16O14P4/c22-21(23,56(44,45)52-54(40,41)7-48-19-9(34-36-26)1-11(50-19)38-5-32-13-15(24)28-3-30-17(13)38)57(46,47)53-55(42,43)8-49-20-10(35-37-27)2-12(51-20)39-6-33-14-16(25)29-4-31-18(14)39/h3-6,9-12,19-20H,1-2,7-8H2,(H,40,41)(H,42,43)(H,44,45)(H,46,47)(H2,24,28,30)(H2,25,29,31). The SMILES string of the molecule is [N-]=[N+]=NC1CC(n2cnc3c(N)ncnc32)OC1OCP(=O)(O)OP(=O)(O)C(F)(F)P(=O)(O)OP(=O)(O)COC1OC(n2cnc3c(N)ncnc32)CC1N=[N+]=[N-]. The van der Waals surface area contributed by atoms with Gasteiger partial charge in [0.15, 0.2) is 48.2 Å². The van der Waals surface area contributed by atoms with E-state index in [2.05, 4.69) is 58.6 Å². The van der Waals surface area contributed by atoms with Crippen molar-refractivity contribution >= 4 is 64.3 Å². The number of rotatable bonds is 16. The predicted molar refractivity (Wildman–Crippen MR) is 181 cm³/mol. The molecule has 0 saturated carbocycles. The van der Waals surface area contributed by atoms with Crippen molar-refractivity contribution < 1.29 is 74.2 Å². The summed E-state index contributed by atoms with van der Waals surface area (Å²) in [5, 5.41) is 0.827. The number of halogens is 2. The molecular weight excluding hydrogens is 862 g/mol. The molecule has 0 radical (unpaired) electrons. The number of nitrogens with two attached hydrogens (primary N) is 2. The lowest BCUT2D eigenvalue weighted by Crippen LogP contribution is -2.25. The highest BCUT2D eigenvalue weighted by Gasteiger charge is 2.69. The van der Waals surface area contributed by atoms with E-state index in [1.54, 1.807) is 0 Å². The molecule has 10 atom stereocenters. The zero-order valence-corrected chi connectivity index (χ0v) is 31.5. The maximum absolute atomic E-state index is 15.1. The Bertz CT molecular complexity index is 2320. The highest BCUT2D eigenvalue weighted by molar-refractivity contribution is 7.79. The van der Waals surface area contributed by atoms with E-state index in [0.29, 0.717) is 0 Å². The van der Waals surface area contributed by atoms with Gasteiger partial charge in [-0.05, 0) is 11.1 Å². The van der Waals surface area contributed by atoms with Crippen molar-refractivity contribution in [2.75, 3.05) is 24.2 Å². The first-order chi connectivity index (χ1) is 26.7. The molecule has 0 spiro atoms. The molecule has 6 rings (SSSR count). The Morgan fingerprint density at radius 2 is 1.14 bits per heavy atom. The minimum Gasteiger partial charge on any atom is -0.382 e. The lowest BCUT2D eigenvalue weighted by Gasteiger charge is -2.28. The minimum atomic E-state index is -7.12. The molecule has 2 aliphatic rings. The fourth-order valence-corrected chi connectivity index (χ4v) is 11.9. The maximum atomic E-state index is 15.1. The monoisotopic (exact) mass is 888 g/mol. The van der Waals surface area contributed by atoms with Crippen LogP contribution >= 0.6 is 30.4 Å². The average Bonchev–Trinajstić information content (AvgIpc) is 3.91. The highest BCUT2D eigenvalue weighted by atomic mass is 31.3. The number of imidazole rings is 2. The van der Waals surface area contributed by atoms with Crippen LogP contribution in [0.25, 0.3) is 43.2 Å². The number of ether oxygens (including phenoxy) is 4. The fourth-order valence-electron chi connectivity index (χ4n) is 5.38. The van der Waals surface area contributed by atoms with Gasteiger partial charge in [0.1, 0.15) is 36.1 Å². The van der Waals surface area contributed by atoms with Gasteiger partial charge in [0.05, 0.1) is 24.7 Å². The zero-order chi connectivity index (χ0) is 41.6. The Hall–Kier alpha value is -4.30. The summed E-state index contributed by atoms with van der Waals surface area (Å²) in [5.41, 5.74) is 30.1. The Labute approximate surface area is 313 Å². The third-order valence-electron chi connectivity index (χ3n) is 7.85. The molecule has 30 nitrogen and oxygen atoms in total. The molecule has 0 amide bonds. The van der Waals surface area contributed by atoms with Crippen LogP contribution in [0.5, 0.6) is 0 Å².